The Morgan fingerprint density at radius 3 is 2.44 bits per heavy atom. The van der Waals surface area contributed by atoms with Crippen molar-refractivity contribution in [2.75, 3.05) is 12.4 Å². The third-order valence-corrected chi connectivity index (χ3v) is 3.39. The van der Waals surface area contributed by atoms with Crippen molar-refractivity contribution in [3.8, 4) is 5.88 Å². The number of hydrogen-bond donors (Lipinski definition) is 2. The highest BCUT2D eigenvalue weighted by atomic mass is 16.5. The molecular formula is C12H19N3O3. The molecule has 0 fully saturated rings. The van der Waals surface area contributed by atoms with E-state index in [0.29, 0.717) is 11.7 Å². The summed E-state index contributed by atoms with van der Waals surface area (Å²) in [5.74, 6) is 0.0821. The predicted octanol–water partition coefficient (Wildman–Crippen LogP) is 1.79. The Balaban J connectivity index is 2.98. The molecule has 0 saturated carbocycles. The summed E-state index contributed by atoms with van der Waals surface area (Å²) in [6.07, 6.45) is 1.37. The van der Waals surface area contributed by atoms with Gasteiger partial charge in [0.2, 0.25) is 5.88 Å². The molecule has 1 heterocycles. The van der Waals surface area contributed by atoms with Crippen LogP contribution in [-0.4, -0.2) is 33.7 Å². The van der Waals surface area contributed by atoms with E-state index in [1.54, 1.807) is 19.9 Å². The summed E-state index contributed by atoms with van der Waals surface area (Å²) < 4.78 is 4.99. The maximum Gasteiger partial charge on any atom is 0.311 e. The third-order valence-electron chi connectivity index (χ3n) is 3.39. The normalized spacial score (nSPS) is 12.1. The summed E-state index contributed by atoms with van der Waals surface area (Å²) in [7, 11) is 1.51. The van der Waals surface area contributed by atoms with Gasteiger partial charge in [-0.05, 0) is 27.7 Å². The van der Waals surface area contributed by atoms with Crippen LogP contribution in [0.2, 0.25) is 0 Å². The highest BCUT2D eigenvalue weighted by Crippen LogP contribution is 2.33. The van der Waals surface area contributed by atoms with Gasteiger partial charge in [0.05, 0.1) is 12.5 Å². The number of aliphatic carboxylic acids is 1. The lowest BCUT2D eigenvalue weighted by Crippen LogP contribution is -2.50. The van der Waals surface area contributed by atoms with E-state index in [1.807, 2.05) is 13.8 Å². The van der Waals surface area contributed by atoms with Crippen LogP contribution in [0.5, 0.6) is 5.88 Å². The molecule has 0 unspecified atom stereocenters. The second-order valence-corrected chi connectivity index (χ2v) is 5.13. The van der Waals surface area contributed by atoms with Crippen LogP contribution in [0.25, 0.3) is 0 Å². The average molecular weight is 253 g/mol. The number of rotatable bonds is 5. The van der Waals surface area contributed by atoms with Gasteiger partial charge in [0.15, 0.2) is 0 Å². The van der Waals surface area contributed by atoms with Crippen LogP contribution in [-0.2, 0) is 4.79 Å². The summed E-state index contributed by atoms with van der Waals surface area (Å²) in [4.78, 5) is 19.2. The standard InChI is InChI=1S/C12H19N3O3/c1-11(2,10(16)17)12(3,4)15-8-6-9(18-5)14-7-13-8/h6-7H,1-5H3,(H,16,17)(H,13,14,15). The van der Waals surface area contributed by atoms with E-state index in [-0.39, 0.29) is 0 Å². The first-order valence-corrected chi connectivity index (χ1v) is 5.58. The van der Waals surface area contributed by atoms with Gasteiger partial charge in [-0.3, -0.25) is 4.79 Å². The molecule has 6 nitrogen and oxygen atoms in total. The number of carbonyl (C=O) groups is 1. The molecule has 0 amide bonds. The molecule has 1 rings (SSSR count). The summed E-state index contributed by atoms with van der Waals surface area (Å²) in [6.45, 7) is 6.97. The number of aromatic nitrogens is 2. The molecule has 0 aliphatic rings. The summed E-state index contributed by atoms with van der Waals surface area (Å²) >= 11 is 0. The van der Waals surface area contributed by atoms with Gasteiger partial charge in [-0.25, -0.2) is 9.97 Å². The van der Waals surface area contributed by atoms with Crippen molar-refractivity contribution < 1.29 is 14.6 Å². The summed E-state index contributed by atoms with van der Waals surface area (Å²) in [6, 6.07) is 1.62. The van der Waals surface area contributed by atoms with Gasteiger partial charge >= 0.3 is 5.97 Å². The lowest BCUT2D eigenvalue weighted by atomic mass is 9.74. The molecule has 0 aliphatic carbocycles. The Morgan fingerprint density at radius 1 is 1.33 bits per heavy atom. The lowest BCUT2D eigenvalue weighted by molar-refractivity contribution is -0.149. The van der Waals surface area contributed by atoms with Gasteiger partial charge in [0.25, 0.3) is 0 Å². The van der Waals surface area contributed by atoms with Crippen molar-refractivity contribution in [2.24, 2.45) is 5.41 Å². The van der Waals surface area contributed by atoms with Crippen LogP contribution in [0.4, 0.5) is 5.82 Å². The van der Waals surface area contributed by atoms with Gasteiger partial charge in [0, 0.05) is 11.6 Å². The molecule has 1 aromatic rings. The van der Waals surface area contributed by atoms with Crippen molar-refractivity contribution in [1.82, 2.24) is 9.97 Å². The highest BCUT2D eigenvalue weighted by Gasteiger charge is 2.43. The minimum atomic E-state index is -0.953. The number of methoxy groups -OCH3 is 1. The largest absolute Gasteiger partial charge is 0.481 e. The SMILES string of the molecule is COc1cc(NC(C)(C)C(C)(C)C(=O)O)ncn1. The smallest absolute Gasteiger partial charge is 0.311 e. The lowest BCUT2D eigenvalue weighted by Gasteiger charge is -2.39. The van der Waals surface area contributed by atoms with Crippen molar-refractivity contribution in [1.29, 1.82) is 0 Å². The second kappa shape index (κ2) is 4.80. The maximum atomic E-state index is 11.3. The number of anilines is 1. The molecule has 0 aromatic carbocycles. The van der Waals surface area contributed by atoms with Gasteiger partial charge in [0.1, 0.15) is 12.1 Å². The van der Waals surface area contributed by atoms with Gasteiger partial charge < -0.3 is 15.2 Å². The number of ether oxygens (including phenoxy) is 1. The van der Waals surface area contributed by atoms with E-state index in [0.717, 1.165) is 0 Å². The fourth-order valence-corrected chi connectivity index (χ4v) is 1.26. The van der Waals surface area contributed by atoms with Gasteiger partial charge in [-0.2, -0.15) is 0 Å². The molecule has 0 saturated heterocycles. The Labute approximate surface area is 106 Å². The van der Waals surface area contributed by atoms with E-state index < -0.39 is 16.9 Å². The fourth-order valence-electron chi connectivity index (χ4n) is 1.26. The molecule has 100 valence electrons. The summed E-state index contributed by atoms with van der Waals surface area (Å²) in [5.41, 5.74) is -1.64. The number of carboxylic acid groups (broad SMARTS) is 1. The van der Waals surface area contributed by atoms with E-state index in [9.17, 15) is 9.90 Å². The van der Waals surface area contributed by atoms with Crippen molar-refractivity contribution in [3.63, 3.8) is 0 Å². The molecular weight excluding hydrogens is 234 g/mol. The molecule has 0 radical (unpaired) electrons. The first-order chi connectivity index (χ1) is 8.20. The molecule has 0 aliphatic heterocycles. The highest BCUT2D eigenvalue weighted by molar-refractivity contribution is 5.76. The van der Waals surface area contributed by atoms with Crippen molar-refractivity contribution in [3.05, 3.63) is 12.4 Å². The van der Waals surface area contributed by atoms with Crippen LogP contribution in [0, 0.1) is 5.41 Å². The van der Waals surface area contributed by atoms with Gasteiger partial charge in [-0.1, -0.05) is 0 Å². The van der Waals surface area contributed by atoms with E-state index in [2.05, 4.69) is 15.3 Å². The Hall–Kier alpha value is -1.85. The van der Waals surface area contributed by atoms with Crippen LogP contribution in [0.3, 0.4) is 0 Å². The maximum absolute atomic E-state index is 11.3. The van der Waals surface area contributed by atoms with Crippen molar-refractivity contribution in [2.45, 2.75) is 33.2 Å². The van der Waals surface area contributed by atoms with Crippen LogP contribution >= 0.6 is 0 Å². The molecule has 6 heteroatoms. The number of nitrogens with zero attached hydrogens (tertiary/aromatic N) is 2. The van der Waals surface area contributed by atoms with E-state index in [1.165, 1.54) is 13.4 Å². The Morgan fingerprint density at radius 2 is 1.94 bits per heavy atom. The van der Waals surface area contributed by atoms with Gasteiger partial charge in [-0.15, -0.1) is 0 Å². The van der Waals surface area contributed by atoms with E-state index >= 15 is 0 Å². The Bertz CT molecular complexity index is 444. The molecule has 0 atom stereocenters. The molecule has 2 N–H and O–H groups in total. The number of carboxylic acids is 1. The second-order valence-electron chi connectivity index (χ2n) is 5.13. The average Bonchev–Trinajstić information content (AvgIpc) is 2.28. The Kier molecular flexibility index (Phi) is 3.79. The number of nitrogens with one attached hydrogen (secondary N) is 1. The van der Waals surface area contributed by atoms with E-state index in [4.69, 9.17) is 4.74 Å². The summed E-state index contributed by atoms with van der Waals surface area (Å²) in [5, 5.41) is 12.4. The monoisotopic (exact) mass is 253 g/mol. The molecule has 1 aromatic heterocycles. The minimum Gasteiger partial charge on any atom is -0.481 e. The van der Waals surface area contributed by atoms with Crippen molar-refractivity contribution >= 4 is 11.8 Å². The zero-order valence-electron chi connectivity index (χ0n) is 11.3. The quantitative estimate of drug-likeness (QED) is 0.832. The predicted molar refractivity (Wildman–Crippen MR) is 67.7 cm³/mol. The van der Waals surface area contributed by atoms with Crippen LogP contribution < -0.4 is 10.1 Å². The van der Waals surface area contributed by atoms with Crippen LogP contribution in [0.15, 0.2) is 12.4 Å². The third kappa shape index (κ3) is 2.69. The zero-order chi connectivity index (χ0) is 14.0. The zero-order valence-corrected chi connectivity index (χ0v) is 11.3. The first-order valence-electron chi connectivity index (χ1n) is 5.58. The molecule has 0 spiro atoms. The molecule has 0 bridgehead atoms. The first kappa shape index (κ1) is 14.2. The molecule has 18 heavy (non-hydrogen) atoms. The minimum absolute atomic E-state index is 0.427. The fraction of sp³-hybridized carbons (Fsp3) is 0.583. The topological polar surface area (TPSA) is 84.3 Å². The van der Waals surface area contributed by atoms with Crippen LogP contribution in [0.1, 0.15) is 27.7 Å². The number of hydrogen-bond acceptors (Lipinski definition) is 5.